The van der Waals surface area contributed by atoms with Crippen LogP contribution in [0.3, 0.4) is 0 Å². The predicted molar refractivity (Wildman–Crippen MR) is 62.2 cm³/mol. The molecular formula is C13H20N2O. The average Bonchev–Trinajstić information content (AvgIpc) is 2.54. The molecule has 0 unspecified atom stereocenters. The quantitative estimate of drug-likeness (QED) is 0.401. The molecule has 2 rings (SSSR count). The van der Waals surface area contributed by atoms with E-state index in [0.717, 1.165) is 19.1 Å². The Hall–Kier alpha value is -0.950. The molecule has 0 radical (unpaired) electrons. The van der Waals surface area contributed by atoms with Crippen LogP contribution in [0.15, 0.2) is 0 Å². The molecule has 1 spiro atoms. The summed E-state index contributed by atoms with van der Waals surface area (Å²) in [6, 6.07) is 0. The van der Waals surface area contributed by atoms with Crippen molar-refractivity contribution in [1.29, 1.82) is 0 Å². The third kappa shape index (κ3) is 2.41. The standard InChI is InChI=1S/C13H20N2O/c14-15-10-12(16)11-5-8-13(9-11)6-3-1-2-4-7-13/h10-11H,1-9H2/t11-/m1/s1. The summed E-state index contributed by atoms with van der Waals surface area (Å²) >= 11 is 0. The molecule has 0 aromatic carbocycles. The SMILES string of the molecule is [N-]=[N+]=CC(=O)[C@@H]1CCC2(CCCCCC2)C1. The Morgan fingerprint density at radius 2 is 1.88 bits per heavy atom. The summed E-state index contributed by atoms with van der Waals surface area (Å²) in [5, 5.41) is 0. The molecule has 0 aliphatic heterocycles. The third-order valence-corrected chi connectivity index (χ3v) is 4.45. The van der Waals surface area contributed by atoms with E-state index in [1.807, 2.05) is 0 Å². The van der Waals surface area contributed by atoms with Gasteiger partial charge in [-0.3, -0.25) is 4.79 Å². The van der Waals surface area contributed by atoms with E-state index in [4.69, 9.17) is 5.53 Å². The minimum atomic E-state index is 0.0172. The van der Waals surface area contributed by atoms with Crippen LogP contribution < -0.4 is 0 Å². The average molecular weight is 220 g/mol. The maximum Gasteiger partial charge on any atom is 0.323 e. The topological polar surface area (TPSA) is 53.5 Å². The summed E-state index contributed by atoms with van der Waals surface area (Å²) in [4.78, 5) is 14.5. The lowest BCUT2D eigenvalue weighted by atomic mass is 9.78. The zero-order valence-corrected chi connectivity index (χ0v) is 9.82. The van der Waals surface area contributed by atoms with Gasteiger partial charge in [-0.05, 0) is 37.5 Å². The highest BCUT2D eigenvalue weighted by molar-refractivity contribution is 6.26. The first-order chi connectivity index (χ1) is 7.76. The fourth-order valence-electron chi connectivity index (χ4n) is 3.55. The Labute approximate surface area is 96.9 Å². The monoisotopic (exact) mass is 220 g/mol. The second-order valence-electron chi connectivity index (χ2n) is 5.50. The highest BCUT2D eigenvalue weighted by Gasteiger charge is 2.41. The molecule has 2 saturated carbocycles. The summed E-state index contributed by atoms with van der Waals surface area (Å²) in [7, 11) is 0. The van der Waals surface area contributed by atoms with Crippen LogP contribution in [0.1, 0.15) is 57.8 Å². The largest absolute Gasteiger partial charge is 0.361 e. The van der Waals surface area contributed by atoms with E-state index in [9.17, 15) is 4.79 Å². The van der Waals surface area contributed by atoms with Crippen molar-refractivity contribution in [1.82, 2.24) is 0 Å². The highest BCUT2D eigenvalue weighted by atomic mass is 16.1. The Kier molecular flexibility index (Phi) is 3.55. The smallest absolute Gasteiger partial charge is 0.323 e. The van der Waals surface area contributed by atoms with Gasteiger partial charge in [0.1, 0.15) is 0 Å². The van der Waals surface area contributed by atoms with Crippen molar-refractivity contribution in [3.63, 3.8) is 0 Å². The minimum absolute atomic E-state index is 0.0172. The van der Waals surface area contributed by atoms with Gasteiger partial charge >= 0.3 is 6.21 Å². The lowest BCUT2D eigenvalue weighted by Crippen LogP contribution is -2.19. The van der Waals surface area contributed by atoms with Crippen LogP contribution in [0.2, 0.25) is 0 Å². The molecule has 0 amide bonds. The lowest BCUT2D eigenvalue weighted by Gasteiger charge is -2.27. The lowest BCUT2D eigenvalue weighted by molar-refractivity contribution is -0.119. The van der Waals surface area contributed by atoms with Crippen LogP contribution in [-0.4, -0.2) is 16.8 Å². The predicted octanol–water partition coefficient (Wildman–Crippen LogP) is 3.00. The first-order valence-electron chi connectivity index (χ1n) is 6.47. The summed E-state index contributed by atoms with van der Waals surface area (Å²) in [6.45, 7) is 0. The van der Waals surface area contributed by atoms with Gasteiger partial charge < -0.3 is 5.53 Å². The molecule has 0 aromatic heterocycles. The minimum Gasteiger partial charge on any atom is -0.361 e. The molecule has 16 heavy (non-hydrogen) atoms. The number of ketones is 1. The number of hydrogen-bond acceptors (Lipinski definition) is 1. The van der Waals surface area contributed by atoms with Gasteiger partial charge in [0.05, 0.1) is 0 Å². The van der Waals surface area contributed by atoms with E-state index in [0.29, 0.717) is 5.41 Å². The van der Waals surface area contributed by atoms with E-state index in [2.05, 4.69) is 4.79 Å². The molecule has 0 aromatic rings. The van der Waals surface area contributed by atoms with E-state index in [-0.39, 0.29) is 11.7 Å². The van der Waals surface area contributed by atoms with Crippen molar-refractivity contribution in [2.24, 2.45) is 11.3 Å². The molecule has 0 heterocycles. The summed E-state index contributed by atoms with van der Waals surface area (Å²) in [5.74, 6) is 0.137. The van der Waals surface area contributed by atoms with Gasteiger partial charge in [-0.1, -0.05) is 25.7 Å². The van der Waals surface area contributed by atoms with Crippen molar-refractivity contribution in [3.8, 4) is 0 Å². The summed E-state index contributed by atoms with van der Waals surface area (Å²) < 4.78 is 0. The zero-order chi connectivity index (χ0) is 11.4. The normalized spacial score (nSPS) is 28.4. The van der Waals surface area contributed by atoms with Crippen molar-refractivity contribution in [3.05, 3.63) is 5.53 Å². The van der Waals surface area contributed by atoms with Crippen molar-refractivity contribution in [2.75, 3.05) is 0 Å². The summed E-state index contributed by atoms with van der Waals surface area (Å²) in [5.41, 5.74) is 8.84. The molecule has 0 N–H and O–H groups in total. The molecule has 0 bridgehead atoms. The molecule has 2 aliphatic carbocycles. The van der Waals surface area contributed by atoms with Gasteiger partial charge in [0.25, 0.3) is 0 Å². The molecular weight excluding hydrogens is 200 g/mol. The van der Waals surface area contributed by atoms with Crippen molar-refractivity contribution < 1.29 is 9.58 Å². The Morgan fingerprint density at radius 3 is 2.50 bits per heavy atom. The summed E-state index contributed by atoms with van der Waals surface area (Å²) in [6.07, 6.45) is 12.3. The Bertz CT molecular complexity index is 310. The fraction of sp³-hybridized carbons (Fsp3) is 0.846. The molecule has 2 aliphatic rings. The maximum atomic E-state index is 11.6. The first kappa shape index (κ1) is 11.5. The van der Waals surface area contributed by atoms with Gasteiger partial charge in [0, 0.05) is 5.92 Å². The van der Waals surface area contributed by atoms with Crippen LogP contribution in [0.25, 0.3) is 5.53 Å². The van der Waals surface area contributed by atoms with Crippen LogP contribution in [-0.2, 0) is 4.79 Å². The van der Waals surface area contributed by atoms with E-state index in [1.165, 1.54) is 44.9 Å². The van der Waals surface area contributed by atoms with Crippen LogP contribution >= 0.6 is 0 Å². The number of carbonyl (C=O) groups excluding carboxylic acids is 1. The van der Waals surface area contributed by atoms with E-state index < -0.39 is 0 Å². The van der Waals surface area contributed by atoms with Gasteiger partial charge in [0.15, 0.2) is 0 Å². The first-order valence-corrected chi connectivity index (χ1v) is 6.47. The number of Topliss-reactive ketones (excluding diaryl/α,β-unsaturated/α-hetero) is 1. The number of nitrogens with zero attached hydrogens (tertiary/aromatic N) is 2. The van der Waals surface area contributed by atoms with Crippen LogP contribution in [0.4, 0.5) is 0 Å². The number of hydrogen-bond donors (Lipinski definition) is 0. The fourth-order valence-corrected chi connectivity index (χ4v) is 3.55. The molecule has 88 valence electrons. The molecule has 1 atom stereocenters. The van der Waals surface area contributed by atoms with Gasteiger partial charge in [0.2, 0.25) is 5.78 Å². The Balaban J connectivity index is 2.00. The molecule has 2 fully saturated rings. The number of carbonyl (C=O) groups is 1. The molecule has 3 nitrogen and oxygen atoms in total. The van der Waals surface area contributed by atoms with Crippen LogP contribution in [0, 0.1) is 11.3 Å². The molecule has 0 saturated heterocycles. The second kappa shape index (κ2) is 4.92. The van der Waals surface area contributed by atoms with E-state index >= 15 is 0 Å². The van der Waals surface area contributed by atoms with Gasteiger partial charge in [-0.25, -0.2) is 0 Å². The highest BCUT2D eigenvalue weighted by Crippen LogP contribution is 2.50. The van der Waals surface area contributed by atoms with Crippen molar-refractivity contribution >= 4 is 12.0 Å². The van der Waals surface area contributed by atoms with Crippen molar-refractivity contribution in [2.45, 2.75) is 57.8 Å². The maximum absolute atomic E-state index is 11.6. The van der Waals surface area contributed by atoms with Crippen LogP contribution in [0.5, 0.6) is 0 Å². The third-order valence-electron chi connectivity index (χ3n) is 4.45. The van der Waals surface area contributed by atoms with E-state index in [1.54, 1.807) is 0 Å². The van der Waals surface area contributed by atoms with Gasteiger partial charge in [-0.2, -0.15) is 4.79 Å². The second-order valence-corrected chi connectivity index (χ2v) is 5.50. The number of rotatable bonds is 2. The van der Waals surface area contributed by atoms with Gasteiger partial charge in [-0.15, -0.1) is 0 Å². The Morgan fingerprint density at radius 1 is 1.19 bits per heavy atom. The molecule has 3 heteroatoms. The zero-order valence-electron chi connectivity index (χ0n) is 9.82.